The molecule has 5 nitrogen and oxygen atoms in total. The van der Waals surface area contributed by atoms with Crippen molar-refractivity contribution < 1.29 is 19.4 Å². The number of amides is 1. The molecule has 1 atom stereocenters. The molecule has 0 spiro atoms. The third-order valence-electron chi connectivity index (χ3n) is 2.67. The molecule has 0 saturated carbocycles. The van der Waals surface area contributed by atoms with Crippen LogP contribution in [0.3, 0.4) is 0 Å². The normalized spacial score (nSPS) is 11.9. The van der Waals surface area contributed by atoms with Gasteiger partial charge >= 0.3 is 5.97 Å². The van der Waals surface area contributed by atoms with Gasteiger partial charge in [0.25, 0.3) is 0 Å². The van der Waals surface area contributed by atoms with Crippen molar-refractivity contribution in [3.63, 3.8) is 0 Å². The van der Waals surface area contributed by atoms with Crippen LogP contribution in [0.4, 0.5) is 0 Å². The summed E-state index contributed by atoms with van der Waals surface area (Å²) in [6, 6.07) is 6.30. The van der Waals surface area contributed by atoms with Crippen LogP contribution in [0.25, 0.3) is 0 Å². The molecular weight excluding hydrogens is 314 g/mol. The standard InChI is InChI=1S/C14H18ClNO4S/c1-20-8-4-6-11(14(18)19)16-13(17)9-21-12-7-3-2-5-10(12)15/h2-3,5,7,11H,4,6,8-9H2,1H3,(H,16,17)(H,18,19). The molecule has 0 saturated heterocycles. The van der Waals surface area contributed by atoms with E-state index < -0.39 is 12.0 Å². The highest BCUT2D eigenvalue weighted by Crippen LogP contribution is 2.26. The van der Waals surface area contributed by atoms with E-state index in [-0.39, 0.29) is 11.7 Å². The van der Waals surface area contributed by atoms with Crippen LogP contribution >= 0.6 is 23.4 Å². The molecule has 0 radical (unpaired) electrons. The van der Waals surface area contributed by atoms with Crippen molar-refractivity contribution >= 4 is 35.2 Å². The van der Waals surface area contributed by atoms with Gasteiger partial charge in [-0.15, -0.1) is 11.8 Å². The molecule has 1 rings (SSSR count). The topological polar surface area (TPSA) is 75.6 Å². The number of nitrogens with one attached hydrogen (secondary N) is 1. The largest absolute Gasteiger partial charge is 0.480 e. The monoisotopic (exact) mass is 331 g/mol. The highest BCUT2D eigenvalue weighted by Gasteiger charge is 2.19. The summed E-state index contributed by atoms with van der Waals surface area (Å²) < 4.78 is 4.87. The number of ether oxygens (including phenoxy) is 1. The van der Waals surface area contributed by atoms with E-state index in [4.69, 9.17) is 21.4 Å². The second-order valence-corrected chi connectivity index (χ2v) is 5.74. The van der Waals surface area contributed by atoms with Crippen molar-refractivity contribution in [1.82, 2.24) is 5.32 Å². The lowest BCUT2D eigenvalue weighted by Gasteiger charge is -2.14. The highest BCUT2D eigenvalue weighted by atomic mass is 35.5. The van der Waals surface area contributed by atoms with Gasteiger partial charge in [-0.05, 0) is 25.0 Å². The zero-order chi connectivity index (χ0) is 15.7. The molecule has 0 aliphatic heterocycles. The molecule has 1 amide bonds. The van der Waals surface area contributed by atoms with E-state index in [0.717, 1.165) is 4.90 Å². The summed E-state index contributed by atoms with van der Waals surface area (Å²) in [4.78, 5) is 23.7. The molecule has 0 aliphatic carbocycles. The number of hydrogen-bond acceptors (Lipinski definition) is 4. The first-order chi connectivity index (χ1) is 10.0. The molecule has 0 aromatic heterocycles. The zero-order valence-electron chi connectivity index (χ0n) is 11.7. The van der Waals surface area contributed by atoms with E-state index in [9.17, 15) is 9.59 Å². The van der Waals surface area contributed by atoms with Gasteiger partial charge in [-0.3, -0.25) is 4.79 Å². The lowest BCUT2D eigenvalue weighted by molar-refractivity contribution is -0.141. The van der Waals surface area contributed by atoms with Crippen LogP contribution in [0.1, 0.15) is 12.8 Å². The van der Waals surface area contributed by atoms with Crippen LogP contribution in [0, 0.1) is 0 Å². The molecule has 2 N–H and O–H groups in total. The Hall–Kier alpha value is -1.24. The summed E-state index contributed by atoms with van der Waals surface area (Å²) in [5.74, 6) is -1.25. The summed E-state index contributed by atoms with van der Waals surface area (Å²) in [5, 5.41) is 12.1. The average molecular weight is 332 g/mol. The fraction of sp³-hybridized carbons (Fsp3) is 0.429. The van der Waals surface area contributed by atoms with E-state index in [1.54, 1.807) is 13.2 Å². The summed E-state index contributed by atoms with van der Waals surface area (Å²) in [7, 11) is 1.55. The Balaban J connectivity index is 2.43. The number of thioether (sulfide) groups is 1. The molecule has 0 heterocycles. The summed E-state index contributed by atoms with van der Waals surface area (Å²) in [6.07, 6.45) is 0.914. The Bertz CT molecular complexity index is 484. The number of halogens is 1. The predicted octanol–water partition coefficient (Wildman–Crippen LogP) is 2.43. The van der Waals surface area contributed by atoms with E-state index in [2.05, 4.69) is 5.32 Å². The summed E-state index contributed by atoms with van der Waals surface area (Å²) >= 11 is 7.26. The first kappa shape index (κ1) is 17.8. The quantitative estimate of drug-likeness (QED) is 0.537. The molecule has 1 aromatic carbocycles. The predicted molar refractivity (Wildman–Crippen MR) is 82.9 cm³/mol. The Morgan fingerprint density at radius 2 is 2.14 bits per heavy atom. The molecule has 0 fully saturated rings. The van der Waals surface area contributed by atoms with Gasteiger partial charge < -0.3 is 15.2 Å². The van der Waals surface area contributed by atoms with Crippen LogP contribution in [0.15, 0.2) is 29.2 Å². The molecule has 1 unspecified atom stereocenters. The Labute approximate surface area is 133 Å². The lowest BCUT2D eigenvalue weighted by atomic mass is 10.1. The van der Waals surface area contributed by atoms with E-state index in [1.807, 2.05) is 18.2 Å². The fourth-order valence-corrected chi connectivity index (χ4v) is 2.68. The maximum absolute atomic E-state index is 11.8. The lowest BCUT2D eigenvalue weighted by Crippen LogP contribution is -2.41. The summed E-state index contributed by atoms with van der Waals surface area (Å²) in [6.45, 7) is 0.466. The number of carboxylic acids is 1. The first-order valence-electron chi connectivity index (χ1n) is 6.43. The average Bonchev–Trinajstić information content (AvgIpc) is 2.45. The van der Waals surface area contributed by atoms with Gasteiger partial charge in [0.1, 0.15) is 6.04 Å². The third kappa shape index (κ3) is 6.84. The number of benzene rings is 1. The molecular formula is C14H18ClNO4S. The van der Waals surface area contributed by atoms with Crippen LogP contribution in [0.5, 0.6) is 0 Å². The minimum Gasteiger partial charge on any atom is -0.480 e. The van der Waals surface area contributed by atoms with Gasteiger partial charge in [0.15, 0.2) is 0 Å². The number of rotatable bonds is 9. The number of carboxylic acid groups (broad SMARTS) is 1. The van der Waals surface area contributed by atoms with E-state index >= 15 is 0 Å². The second-order valence-electron chi connectivity index (χ2n) is 4.31. The summed E-state index contributed by atoms with van der Waals surface area (Å²) in [5.41, 5.74) is 0. The Kier molecular flexibility index (Phi) is 8.19. The van der Waals surface area contributed by atoms with Crippen LogP contribution in [-0.2, 0) is 14.3 Å². The van der Waals surface area contributed by atoms with Crippen molar-refractivity contribution in [2.75, 3.05) is 19.5 Å². The van der Waals surface area contributed by atoms with E-state index in [0.29, 0.717) is 24.5 Å². The number of hydrogen-bond donors (Lipinski definition) is 2. The van der Waals surface area contributed by atoms with Crippen LogP contribution in [-0.4, -0.2) is 42.5 Å². The minimum absolute atomic E-state index is 0.123. The number of carbonyl (C=O) groups is 2. The third-order valence-corrected chi connectivity index (χ3v) is 4.19. The van der Waals surface area contributed by atoms with Gasteiger partial charge in [-0.2, -0.15) is 0 Å². The van der Waals surface area contributed by atoms with Gasteiger partial charge in [-0.1, -0.05) is 23.7 Å². The van der Waals surface area contributed by atoms with Crippen LogP contribution in [0.2, 0.25) is 5.02 Å². The molecule has 0 bridgehead atoms. The maximum Gasteiger partial charge on any atom is 0.326 e. The first-order valence-corrected chi connectivity index (χ1v) is 7.79. The van der Waals surface area contributed by atoms with Crippen molar-refractivity contribution in [3.8, 4) is 0 Å². The second kappa shape index (κ2) is 9.65. The molecule has 116 valence electrons. The Morgan fingerprint density at radius 1 is 1.43 bits per heavy atom. The van der Waals surface area contributed by atoms with Gasteiger partial charge in [0.05, 0.1) is 10.8 Å². The van der Waals surface area contributed by atoms with Crippen molar-refractivity contribution in [3.05, 3.63) is 29.3 Å². The zero-order valence-corrected chi connectivity index (χ0v) is 13.2. The SMILES string of the molecule is COCCCC(NC(=O)CSc1ccccc1Cl)C(=O)O. The Morgan fingerprint density at radius 3 is 2.76 bits per heavy atom. The van der Waals surface area contributed by atoms with Gasteiger partial charge in [-0.25, -0.2) is 4.79 Å². The molecule has 1 aromatic rings. The van der Waals surface area contributed by atoms with E-state index in [1.165, 1.54) is 11.8 Å². The minimum atomic E-state index is -1.04. The van der Waals surface area contributed by atoms with Crippen molar-refractivity contribution in [2.24, 2.45) is 0 Å². The highest BCUT2D eigenvalue weighted by molar-refractivity contribution is 8.00. The van der Waals surface area contributed by atoms with Crippen molar-refractivity contribution in [1.29, 1.82) is 0 Å². The van der Waals surface area contributed by atoms with Gasteiger partial charge in [0, 0.05) is 18.6 Å². The molecule has 7 heteroatoms. The maximum atomic E-state index is 11.8. The molecule has 21 heavy (non-hydrogen) atoms. The molecule has 0 aliphatic rings. The van der Waals surface area contributed by atoms with Crippen molar-refractivity contribution in [2.45, 2.75) is 23.8 Å². The van der Waals surface area contributed by atoms with Crippen LogP contribution < -0.4 is 5.32 Å². The van der Waals surface area contributed by atoms with Gasteiger partial charge in [0.2, 0.25) is 5.91 Å². The fourth-order valence-electron chi connectivity index (χ4n) is 1.63. The number of methoxy groups -OCH3 is 1. The number of carbonyl (C=O) groups excluding carboxylic acids is 1. The number of aliphatic carboxylic acids is 1. The smallest absolute Gasteiger partial charge is 0.326 e.